The van der Waals surface area contributed by atoms with E-state index in [0.29, 0.717) is 16.9 Å². The van der Waals surface area contributed by atoms with E-state index < -0.39 is 0 Å². The van der Waals surface area contributed by atoms with Crippen molar-refractivity contribution in [3.8, 4) is 10.6 Å². The van der Waals surface area contributed by atoms with Crippen LogP contribution in [-0.2, 0) is 4.79 Å². The van der Waals surface area contributed by atoms with Crippen molar-refractivity contribution < 1.29 is 9.59 Å². The Labute approximate surface area is 172 Å². The van der Waals surface area contributed by atoms with Gasteiger partial charge >= 0.3 is 0 Å². The van der Waals surface area contributed by atoms with E-state index in [2.05, 4.69) is 29.7 Å². The number of hydrogen-bond donors (Lipinski definition) is 2. The molecule has 0 radical (unpaired) electrons. The summed E-state index contributed by atoms with van der Waals surface area (Å²) in [6.45, 7) is 3.48. The number of fused-ring (bicyclic) bond motifs is 1. The molecule has 4 rings (SSSR count). The number of rotatable bonds is 4. The molecule has 0 aliphatic carbocycles. The van der Waals surface area contributed by atoms with Crippen LogP contribution in [0.25, 0.3) is 20.8 Å². The van der Waals surface area contributed by atoms with Crippen molar-refractivity contribution >= 4 is 44.7 Å². The number of carbonyl (C=O) groups excluding carboxylic acids is 2. The van der Waals surface area contributed by atoms with Gasteiger partial charge in [0.15, 0.2) is 0 Å². The lowest BCUT2D eigenvalue weighted by Crippen LogP contribution is -2.16. The van der Waals surface area contributed by atoms with E-state index in [9.17, 15) is 9.59 Å². The highest BCUT2D eigenvalue weighted by molar-refractivity contribution is 7.21. The summed E-state index contributed by atoms with van der Waals surface area (Å²) in [5, 5.41) is 6.50. The first kappa shape index (κ1) is 18.8. The van der Waals surface area contributed by atoms with Crippen molar-refractivity contribution in [3.63, 3.8) is 0 Å². The number of carbonyl (C=O) groups is 2. The molecular formula is C23H19N3O2S. The summed E-state index contributed by atoms with van der Waals surface area (Å²) in [4.78, 5) is 28.7. The topological polar surface area (TPSA) is 71.1 Å². The van der Waals surface area contributed by atoms with Crippen molar-refractivity contribution in [2.45, 2.75) is 13.8 Å². The zero-order chi connectivity index (χ0) is 20.4. The molecule has 6 heteroatoms. The molecule has 0 unspecified atom stereocenters. The monoisotopic (exact) mass is 401 g/mol. The number of aromatic nitrogens is 1. The second kappa shape index (κ2) is 7.85. The van der Waals surface area contributed by atoms with Gasteiger partial charge in [-0.3, -0.25) is 9.59 Å². The summed E-state index contributed by atoms with van der Waals surface area (Å²) < 4.78 is 1.16. The molecule has 3 aromatic carbocycles. The Morgan fingerprint density at radius 1 is 0.931 bits per heavy atom. The van der Waals surface area contributed by atoms with Gasteiger partial charge in [-0.15, -0.1) is 11.3 Å². The standard InChI is InChI=1S/C23H19N3O2S/c1-14-7-12-20-21(13-14)29-23(26-20)16-8-10-17(11-9-16)25-22(28)18-5-3-4-6-19(18)24-15(2)27/h3-13H,1-2H3,(H,24,27)(H,25,28). The fourth-order valence-corrected chi connectivity index (χ4v) is 4.10. The van der Waals surface area contributed by atoms with Crippen molar-refractivity contribution in [2.75, 3.05) is 10.6 Å². The average molecular weight is 401 g/mol. The fraction of sp³-hybridized carbons (Fsp3) is 0.0870. The molecule has 144 valence electrons. The second-order valence-electron chi connectivity index (χ2n) is 6.75. The molecule has 0 saturated heterocycles. The van der Waals surface area contributed by atoms with Crippen LogP contribution >= 0.6 is 11.3 Å². The highest BCUT2D eigenvalue weighted by atomic mass is 32.1. The molecule has 0 spiro atoms. The Morgan fingerprint density at radius 2 is 1.69 bits per heavy atom. The molecule has 5 nitrogen and oxygen atoms in total. The molecule has 1 heterocycles. The minimum absolute atomic E-state index is 0.222. The van der Waals surface area contributed by atoms with Gasteiger partial charge in [-0.2, -0.15) is 0 Å². The van der Waals surface area contributed by atoms with Crippen LogP contribution in [0.3, 0.4) is 0 Å². The number of amides is 2. The number of nitrogens with zero attached hydrogens (tertiary/aromatic N) is 1. The maximum absolute atomic E-state index is 12.6. The summed E-state index contributed by atoms with van der Waals surface area (Å²) in [7, 11) is 0. The minimum atomic E-state index is -0.280. The molecule has 0 bridgehead atoms. The first-order valence-electron chi connectivity index (χ1n) is 9.15. The molecule has 2 N–H and O–H groups in total. The van der Waals surface area contributed by atoms with E-state index in [1.54, 1.807) is 35.6 Å². The molecule has 0 saturated carbocycles. The molecule has 0 aliphatic rings. The van der Waals surface area contributed by atoms with E-state index in [4.69, 9.17) is 4.98 Å². The van der Waals surface area contributed by atoms with Crippen LogP contribution in [0.1, 0.15) is 22.8 Å². The normalized spacial score (nSPS) is 10.7. The molecule has 0 atom stereocenters. The number of nitrogens with one attached hydrogen (secondary N) is 2. The molecule has 0 aliphatic heterocycles. The number of para-hydroxylation sites is 1. The van der Waals surface area contributed by atoms with Crippen molar-refractivity contribution in [1.29, 1.82) is 0 Å². The lowest BCUT2D eigenvalue weighted by Gasteiger charge is -2.10. The zero-order valence-electron chi connectivity index (χ0n) is 16.0. The SMILES string of the molecule is CC(=O)Nc1ccccc1C(=O)Nc1ccc(-c2nc3ccc(C)cc3s2)cc1. The molecule has 1 aromatic heterocycles. The Bertz CT molecular complexity index is 1210. The third-order valence-corrected chi connectivity index (χ3v) is 5.48. The minimum Gasteiger partial charge on any atom is -0.326 e. The van der Waals surface area contributed by atoms with Gasteiger partial charge in [0.05, 0.1) is 21.5 Å². The van der Waals surface area contributed by atoms with Crippen LogP contribution in [0.4, 0.5) is 11.4 Å². The van der Waals surface area contributed by atoms with Gasteiger partial charge in [0.1, 0.15) is 5.01 Å². The predicted molar refractivity (Wildman–Crippen MR) is 118 cm³/mol. The molecule has 4 aromatic rings. The number of thiazole rings is 1. The van der Waals surface area contributed by atoms with E-state index in [-0.39, 0.29) is 11.8 Å². The van der Waals surface area contributed by atoms with Gasteiger partial charge in [0, 0.05) is 18.2 Å². The predicted octanol–water partition coefficient (Wildman–Crippen LogP) is 5.48. The molecule has 29 heavy (non-hydrogen) atoms. The van der Waals surface area contributed by atoms with Gasteiger partial charge in [0.25, 0.3) is 5.91 Å². The van der Waals surface area contributed by atoms with E-state index in [1.807, 2.05) is 30.3 Å². The molecular weight excluding hydrogens is 382 g/mol. The van der Waals surface area contributed by atoms with Crippen LogP contribution in [0.5, 0.6) is 0 Å². The Balaban J connectivity index is 1.54. The second-order valence-corrected chi connectivity index (χ2v) is 7.78. The Hall–Kier alpha value is -3.51. The number of hydrogen-bond acceptors (Lipinski definition) is 4. The summed E-state index contributed by atoms with van der Waals surface area (Å²) in [6, 6.07) is 20.7. The first-order valence-corrected chi connectivity index (χ1v) is 9.97. The van der Waals surface area contributed by atoms with Gasteiger partial charge in [-0.05, 0) is 61.0 Å². The average Bonchev–Trinajstić information content (AvgIpc) is 3.11. The summed E-state index contributed by atoms with van der Waals surface area (Å²) >= 11 is 1.65. The van der Waals surface area contributed by atoms with Gasteiger partial charge in [0.2, 0.25) is 5.91 Å². The first-order chi connectivity index (χ1) is 14.0. The van der Waals surface area contributed by atoms with Crippen LogP contribution in [0, 0.1) is 6.92 Å². The maximum Gasteiger partial charge on any atom is 0.257 e. The number of benzene rings is 3. The highest BCUT2D eigenvalue weighted by Crippen LogP contribution is 2.31. The maximum atomic E-state index is 12.6. The lowest BCUT2D eigenvalue weighted by molar-refractivity contribution is -0.114. The van der Waals surface area contributed by atoms with Crippen molar-refractivity contribution in [2.24, 2.45) is 0 Å². The largest absolute Gasteiger partial charge is 0.326 e. The number of anilines is 2. The zero-order valence-corrected chi connectivity index (χ0v) is 16.8. The summed E-state index contributed by atoms with van der Waals surface area (Å²) in [5.41, 5.74) is 4.77. The van der Waals surface area contributed by atoms with Crippen LogP contribution in [0.2, 0.25) is 0 Å². The van der Waals surface area contributed by atoms with Gasteiger partial charge < -0.3 is 10.6 Å². The Kier molecular flexibility index (Phi) is 5.10. The van der Waals surface area contributed by atoms with Gasteiger partial charge in [-0.1, -0.05) is 18.2 Å². The summed E-state index contributed by atoms with van der Waals surface area (Å²) in [5.74, 6) is -0.502. The fourth-order valence-electron chi connectivity index (χ4n) is 3.03. The van der Waals surface area contributed by atoms with E-state index in [1.165, 1.54) is 12.5 Å². The van der Waals surface area contributed by atoms with Crippen LogP contribution < -0.4 is 10.6 Å². The smallest absolute Gasteiger partial charge is 0.257 e. The Morgan fingerprint density at radius 3 is 2.45 bits per heavy atom. The summed E-state index contributed by atoms with van der Waals surface area (Å²) in [6.07, 6.45) is 0. The van der Waals surface area contributed by atoms with Crippen molar-refractivity contribution in [1.82, 2.24) is 4.98 Å². The lowest BCUT2D eigenvalue weighted by atomic mass is 10.1. The highest BCUT2D eigenvalue weighted by Gasteiger charge is 2.12. The molecule has 0 fully saturated rings. The number of aryl methyl sites for hydroxylation is 1. The van der Waals surface area contributed by atoms with E-state index in [0.717, 1.165) is 20.8 Å². The van der Waals surface area contributed by atoms with E-state index >= 15 is 0 Å². The van der Waals surface area contributed by atoms with Crippen LogP contribution in [0.15, 0.2) is 66.7 Å². The molecule has 2 amide bonds. The van der Waals surface area contributed by atoms with Crippen molar-refractivity contribution in [3.05, 3.63) is 77.9 Å². The third kappa shape index (κ3) is 4.17. The quantitative estimate of drug-likeness (QED) is 0.475. The van der Waals surface area contributed by atoms with Gasteiger partial charge in [-0.25, -0.2) is 4.98 Å². The third-order valence-electron chi connectivity index (χ3n) is 4.42. The van der Waals surface area contributed by atoms with Crippen LogP contribution in [-0.4, -0.2) is 16.8 Å².